The van der Waals surface area contributed by atoms with Crippen LogP contribution in [0, 0.1) is 11.5 Å². The Morgan fingerprint density at radius 2 is 1.96 bits per heavy atom. The molecule has 0 radical (unpaired) electrons. The summed E-state index contributed by atoms with van der Waals surface area (Å²) in [6.45, 7) is 2.35. The van der Waals surface area contributed by atoms with Crippen molar-refractivity contribution < 1.29 is 9.47 Å². The zero-order valence-corrected chi connectivity index (χ0v) is 16.0. The number of hydrogen-bond donors (Lipinski definition) is 2. The molecule has 0 spiro atoms. The highest BCUT2D eigenvalue weighted by Crippen LogP contribution is 2.14. The van der Waals surface area contributed by atoms with Crippen LogP contribution in [0.5, 0.6) is 0 Å². The molecule has 1 aromatic rings. The minimum absolute atomic E-state index is 0.0357. The highest BCUT2D eigenvalue weighted by Gasteiger charge is 2.13. The molecular formula is C20H31N5O2. The topological polar surface area (TPSA) is 91.6 Å². The van der Waals surface area contributed by atoms with Crippen LogP contribution in [-0.2, 0) is 9.47 Å². The van der Waals surface area contributed by atoms with Crippen molar-refractivity contribution >= 4 is 11.6 Å². The SMILES string of the molecule is N#CNC(=NCCCCCCCCOC1CCCCO1)Nc1ccncc1. The molecular weight excluding hydrogens is 342 g/mol. The molecule has 0 amide bonds. The van der Waals surface area contributed by atoms with Gasteiger partial charge >= 0.3 is 0 Å². The maximum atomic E-state index is 8.83. The van der Waals surface area contributed by atoms with Crippen LogP contribution in [0.3, 0.4) is 0 Å². The Balaban J connectivity index is 1.47. The molecule has 1 unspecified atom stereocenters. The molecule has 1 aliphatic rings. The number of rotatable bonds is 11. The van der Waals surface area contributed by atoms with E-state index in [-0.39, 0.29) is 6.29 Å². The van der Waals surface area contributed by atoms with Gasteiger partial charge < -0.3 is 14.8 Å². The van der Waals surface area contributed by atoms with Crippen LogP contribution in [0.2, 0.25) is 0 Å². The summed E-state index contributed by atoms with van der Waals surface area (Å²) in [5.74, 6) is 0.478. The van der Waals surface area contributed by atoms with E-state index in [4.69, 9.17) is 14.7 Å². The first-order valence-corrected chi connectivity index (χ1v) is 9.98. The van der Waals surface area contributed by atoms with Gasteiger partial charge in [-0.1, -0.05) is 25.7 Å². The maximum absolute atomic E-state index is 8.83. The summed E-state index contributed by atoms with van der Waals surface area (Å²) >= 11 is 0. The number of unbranched alkanes of at least 4 members (excludes halogenated alkanes) is 5. The Hall–Kier alpha value is -2.17. The van der Waals surface area contributed by atoms with Gasteiger partial charge in [-0.05, 0) is 44.2 Å². The number of nitrogens with one attached hydrogen (secondary N) is 2. The summed E-state index contributed by atoms with van der Waals surface area (Å²) in [6, 6.07) is 3.66. The molecule has 1 aliphatic heterocycles. The Morgan fingerprint density at radius 1 is 1.19 bits per heavy atom. The van der Waals surface area contributed by atoms with Gasteiger partial charge in [0.1, 0.15) is 0 Å². The van der Waals surface area contributed by atoms with Crippen LogP contribution in [0.15, 0.2) is 29.5 Å². The first-order chi connectivity index (χ1) is 13.4. The smallest absolute Gasteiger partial charge is 0.209 e. The second kappa shape index (κ2) is 14.0. The van der Waals surface area contributed by atoms with Gasteiger partial charge in [0.25, 0.3) is 0 Å². The van der Waals surface area contributed by atoms with E-state index in [2.05, 4.69) is 20.6 Å². The molecule has 2 heterocycles. The van der Waals surface area contributed by atoms with Gasteiger partial charge in [0.2, 0.25) is 5.96 Å². The molecule has 148 valence electrons. The summed E-state index contributed by atoms with van der Waals surface area (Å²) in [5.41, 5.74) is 0.854. The highest BCUT2D eigenvalue weighted by atomic mass is 16.7. The molecule has 1 atom stereocenters. The number of ether oxygens (including phenoxy) is 2. The fraction of sp³-hybridized carbons (Fsp3) is 0.650. The summed E-state index contributed by atoms with van der Waals surface area (Å²) in [4.78, 5) is 8.39. The number of nitriles is 1. The number of hydrogen-bond acceptors (Lipinski definition) is 5. The lowest BCUT2D eigenvalue weighted by Gasteiger charge is -2.22. The first-order valence-electron chi connectivity index (χ1n) is 9.98. The minimum atomic E-state index is 0.0357. The van der Waals surface area contributed by atoms with E-state index < -0.39 is 0 Å². The molecule has 0 aliphatic carbocycles. The van der Waals surface area contributed by atoms with Crippen molar-refractivity contribution in [2.24, 2.45) is 4.99 Å². The van der Waals surface area contributed by atoms with Crippen LogP contribution >= 0.6 is 0 Å². The second-order valence-corrected chi connectivity index (χ2v) is 6.62. The van der Waals surface area contributed by atoms with Crippen molar-refractivity contribution in [2.75, 3.05) is 25.1 Å². The van der Waals surface area contributed by atoms with Crippen molar-refractivity contribution in [3.05, 3.63) is 24.5 Å². The predicted molar refractivity (Wildman–Crippen MR) is 106 cm³/mol. The van der Waals surface area contributed by atoms with E-state index in [1.165, 1.54) is 25.7 Å². The molecule has 27 heavy (non-hydrogen) atoms. The van der Waals surface area contributed by atoms with E-state index in [1.807, 2.05) is 18.3 Å². The number of aliphatic imine (C=N–C) groups is 1. The molecule has 0 aromatic carbocycles. The third-order valence-corrected chi connectivity index (χ3v) is 4.38. The molecule has 2 N–H and O–H groups in total. The molecule has 7 nitrogen and oxygen atoms in total. The number of anilines is 1. The molecule has 1 aromatic heterocycles. The quantitative estimate of drug-likeness (QED) is 0.201. The van der Waals surface area contributed by atoms with Crippen molar-refractivity contribution in [1.29, 1.82) is 5.26 Å². The Kier molecular flexibility index (Phi) is 10.9. The van der Waals surface area contributed by atoms with Crippen LogP contribution in [0.1, 0.15) is 57.8 Å². The van der Waals surface area contributed by atoms with Crippen LogP contribution in [-0.4, -0.2) is 37.0 Å². The van der Waals surface area contributed by atoms with Gasteiger partial charge in [-0.2, -0.15) is 5.26 Å². The van der Waals surface area contributed by atoms with Gasteiger partial charge in [0.05, 0.1) is 0 Å². The molecule has 0 saturated carbocycles. The maximum Gasteiger partial charge on any atom is 0.209 e. The summed E-state index contributed by atoms with van der Waals surface area (Å²) in [6.07, 6.45) is 15.6. The number of nitrogens with zero attached hydrogens (tertiary/aromatic N) is 3. The van der Waals surface area contributed by atoms with Gasteiger partial charge in [-0.3, -0.25) is 15.3 Å². The summed E-state index contributed by atoms with van der Waals surface area (Å²) in [5, 5.41) is 14.5. The number of pyridine rings is 1. The third kappa shape index (κ3) is 9.92. The fourth-order valence-electron chi connectivity index (χ4n) is 2.90. The zero-order valence-electron chi connectivity index (χ0n) is 16.0. The van der Waals surface area contributed by atoms with E-state index in [9.17, 15) is 0 Å². The standard InChI is InChI=1S/C20H31N5O2/c21-17-24-20(25-18-10-13-22-14-11-18)23-12-6-3-1-2-4-7-15-26-19-9-5-8-16-27-19/h10-11,13-14,19H,1-9,12,15-16H2,(H2,22,23,24,25). The second-order valence-electron chi connectivity index (χ2n) is 6.62. The van der Waals surface area contributed by atoms with Crippen molar-refractivity contribution in [3.63, 3.8) is 0 Å². The molecule has 7 heteroatoms. The lowest BCUT2D eigenvalue weighted by Crippen LogP contribution is -2.27. The normalized spacial score (nSPS) is 17.3. The lowest BCUT2D eigenvalue weighted by molar-refractivity contribution is -0.162. The molecule has 1 fully saturated rings. The van der Waals surface area contributed by atoms with E-state index in [1.54, 1.807) is 12.4 Å². The van der Waals surface area contributed by atoms with Crippen molar-refractivity contribution in [1.82, 2.24) is 10.3 Å². The highest BCUT2D eigenvalue weighted by molar-refractivity contribution is 5.94. The predicted octanol–water partition coefficient (Wildman–Crippen LogP) is 3.80. The lowest BCUT2D eigenvalue weighted by atomic mass is 10.1. The van der Waals surface area contributed by atoms with Crippen LogP contribution in [0.25, 0.3) is 0 Å². The van der Waals surface area contributed by atoms with Crippen molar-refractivity contribution in [2.45, 2.75) is 64.1 Å². The molecule has 0 bridgehead atoms. The third-order valence-electron chi connectivity index (χ3n) is 4.38. The molecule has 1 saturated heterocycles. The van der Waals surface area contributed by atoms with Crippen LogP contribution < -0.4 is 10.6 Å². The average molecular weight is 374 g/mol. The Bertz CT molecular complexity index is 567. The largest absolute Gasteiger partial charge is 0.353 e. The molecule has 2 rings (SSSR count). The van der Waals surface area contributed by atoms with Gasteiger partial charge in [0.15, 0.2) is 12.5 Å². The van der Waals surface area contributed by atoms with Gasteiger partial charge in [0, 0.05) is 37.8 Å². The average Bonchev–Trinajstić information content (AvgIpc) is 2.71. The monoisotopic (exact) mass is 373 g/mol. The van der Waals surface area contributed by atoms with Gasteiger partial charge in [-0.15, -0.1) is 0 Å². The van der Waals surface area contributed by atoms with Crippen molar-refractivity contribution in [3.8, 4) is 6.19 Å². The first kappa shape index (κ1) is 21.1. The summed E-state index contributed by atoms with van der Waals surface area (Å²) in [7, 11) is 0. The summed E-state index contributed by atoms with van der Waals surface area (Å²) < 4.78 is 11.3. The van der Waals surface area contributed by atoms with E-state index in [0.29, 0.717) is 12.5 Å². The Morgan fingerprint density at radius 3 is 2.70 bits per heavy atom. The minimum Gasteiger partial charge on any atom is -0.353 e. The number of guanidine groups is 1. The fourth-order valence-corrected chi connectivity index (χ4v) is 2.90. The Labute approximate surface area is 162 Å². The van der Waals surface area contributed by atoms with E-state index >= 15 is 0 Å². The van der Waals surface area contributed by atoms with Gasteiger partial charge in [-0.25, -0.2) is 0 Å². The zero-order chi connectivity index (χ0) is 19.0. The number of aromatic nitrogens is 1. The van der Waals surface area contributed by atoms with E-state index in [0.717, 1.165) is 51.0 Å². The van der Waals surface area contributed by atoms with Crippen LogP contribution in [0.4, 0.5) is 5.69 Å².